The lowest BCUT2D eigenvalue weighted by molar-refractivity contribution is 0.327. The van der Waals surface area contributed by atoms with E-state index in [-0.39, 0.29) is 0 Å². The van der Waals surface area contributed by atoms with Crippen LogP contribution in [0.15, 0.2) is 10.7 Å². The van der Waals surface area contributed by atoms with Crippen molar-refractivity contribution in [1.82, 2.24) is 19.3 Å². The van der Waals surface area contributed by atoms with E-state index >= 15 is 0 Å². The first kappa shape index (κ1) is 12.1. The van der Waals surface area contributed by atoms with Crippen LogP contribution in [0.5, 0.6) is 0 Å². The van der Waals surface area contributed by atoms with Gasteiger partial charge in [-0.2, -0.15) is 0 Å². The molecule has 0 unspecified atom stereocenters. The van der Waals surface area contributed by atoms with Crippen LogP contribution < -0.4 is 0 Å². The molecule has 2 aromatic heterocycles. The summed E-state index contributed by atoms with van der Waals surface area (Å²) < 4.78 is 3.13. The van der Waals surface area contributed by atoms with Crippen LogP contribution in [0.25, 0.3) is 5.78 Å². The molecule has 0 atom stereocenters. The van der Waals surface area contributed by atoms with Crippen molar-refractivity contribution in [2.24, 2.45) is 0 Å². The van der Waals surface area contributed by atoms with Crippen LogP contribution in [-0.2, 0) is 6.54 Å². The second-order valence-corrected chi connectivity index (χ2v) is 5.76. The van der Waals surface area contributed by atoms with Gasteiger partial charge in [0.1, 0.15) is 4.60 Å². The summed E-state index contributed by atoms with van der Waals surface area (Å²) in [5.74, 6) is 0.800. The van der Waals surface area contributed by atoms with Gasteiger partial charge in [0, 0.05) is 17.9 Å². The molecular weight excluding hydrogens is 292 g/mol. The van der Waals surface area contributed by atoms with E-state index < -0.39 is 0 Å². The third kappa shape index (κ3) is 2.06. The minimum Gasteiger partial charge on any atom is -0.297 e. The fourth-order valence-electron chi connectivity index (χ4n) is 2.63. The molecule has 18 heavy (non-hydrogen) atoms. The summed E-state index contributed by atoms with van der Waals surface area (Å²) in [5.41, 5.74) is 3.29. The molecule has 0 aliphatic carbocycles. The lowest BCUT2D eigenvalue weighted by Gasteiger charge is -2.12. The first-order valence-electron chi connectivity index (χ1n) is 6.38. The van der Waals surface area contributed by atoms with Crippen molar-refractivity contribution in [1.29, 1.82) is 0 Å². The second-order valence-electron chi connectivity index (χ2n) is 5.01. The Morgan fingerprint density at radius 3 is 2.67 bits per heavy atom. The number of fused-ring (bicyclic) bond motifs is 1. The van der Waals surface area contributed by atoms with Gasteiger partial charge in [0.2, 0.25) is 5.78 Å². The molecule has 4 nitrogen and oxygen atoms in total. The highest BCUT2D eigenvalue weighted by molar-refractivity contribution is 9.10. The summed E-state index contributed by atoms with van der Waals surface area (Å²) in [7, 11) is 0. The van der Waals surface area contributed by atoms with Crippen molar-refractivity contribution in [3.05, 3.63) is 27.8 Å². The minimum absolute atomic E-state index is 0.800. The number of likely N-dealkylation sites (tertiary alicyclic amines) is 1. The van der Waals surface area contributed by atoms with Crippen LogP contribution >= 0.6 is 15.9 Å². The third-order valence-electron chi connectivity index (χ3n) is 3.49. The second kappa shape index (κ2) is 4.63. The van der Waals surface area contributed by atoms with Crippen molar-refractivity contribution in [2.45, 2.75) is 33.2 Å². The van der Waals surface area contributed by atoms with Crippen LogP contribution in [0.1, 0.15) is 29.9 Å². The zero-order valence-electron chi connectivity index (χ0n) is 10.8. The molecule has 2 aromatic rings. The van der Waals surface area contributed by atoms with E-state index in [0.717, 1.165) is 28.3 Å². The quantitative estimate of drug-likeness (QED) is 0.855. The van der Waals surface area contributed by atoms with Crippen LogP contribution in [-0.4, -0.2) is 32.4 Å². The zero-order chi connectivity index (χ0) is 12.7. The molecule has 0 radical (unpaired) electrons. The van der Waals surface area contributed by atoms with Crippen LogP contribution in [0.4, 0.5) is 0 Å². The number of rotatable bonds is 2. The molecule has 1 aliphatic rings. The molecule has 3 heterocycles. The SMILES string of the molecule is Cc1cc(C)n2c(Br)c(CN3CCCC3)nc2n1. The number of nitrogens with zero attached hydrogens (tertiary/aromatic N) is 4. The van der Waals surface area contributed by atoms with Gasteiger partial charge >= 0.3 is 0 Å². The third-order valence-corrected chi connectivity index (χ3v) is 4.30. The number of hydrogen-bond acceptors (Lipinski definition) is 3. The zero-order valence-corrected chi connectivity index (χ0v) is 12.4. The molecule has 96 valence electrons. The van der Waals surface area contributed by atoms with Crippen molar-refractivity contribution < 1.29 is 0 Å². The fraction of sp³-hybridized carbons (Fsp3) is 0.538. The lowest BCUT2D eigenvalue weighted by Crippen LogP contribution is -2.18. The van der Waals surface area contributed by atoms with Crippen LogP contribution in [0.2, 0.25) is 0 Å². The average Bonchev–Trinajstić information content (AvgIpc) is 2.88. The first-order chi connectivity index (χ1) is 8.65. The maximum absolute atomic E-state index is 4.66. The molecule has 1 aliphatic heterocycles. The Kier molecular flexibility index (Phi) is 3.11. The molecule has 0 saturated carbocycles. The molecule has 3 rings (SSSR count). The Morgan fingerprint density at radius 2 is 1.94 bits per heavy atom. The van der Waals surface area contributed by atoms with Gasteiger partial charge in [-0.25, -0.2) is 9.97 Å². The summed E-state index contributed by atoms with van der Waals surface area (Å²) in [6, 6.07) is 2.08. The van der Waals surface area contributed by atoms with Gasteiger partial charge < -0.3 is 0 Å². The molecule has 1 fully saturated rings. The highest BCUT2D eigenvalue weighted by Gasteiger charge is 2.18. The number of aryl methyl sites for hydroxylation is 2. The lowest BCUT2D eigenvalue weighted by atomic mass is 10.3. The number of halogens is 1. The van der Waals surface area contributed by atoms with Crippen molar-refractivity contribution >= 4 is 21.7 Å². The molecule has 5 heteroatoms. The van der Waals surface area contributed by atoms with Gasteiger partial charge in [-0.1, -0.05) is 0 Å². The summed E-state index contributed by atoms with van der Waals surface area (Å²) in [6.07, 6.45) is 2.61. The van der Waals surface area contributed by atoms with Gasteiger partial charge in [-0.15, -0.1) is 0 Å². The Balaban J connectivity index is 2.02. The Labute approximate surface area is 115 Å². The van der Waals surface area contributed by atoms with E-state index in [1.165, 1.54) is 31.6 Å². The molecule has 0 aromatic carbocycles. The Morgan fingerprint density at radius 1 is 1.22 bits per heavy atom. The van der Waals surface area contributed by atoms with E-state index in [4.69, 9.17) is 0 Å². The standard InChI is InChI=1S/C13H17BrN4/c1-9-7-10(2)18-12(14)11(16-13(18)15-9)8-17-5-3-4-6-17/h7H,3-6,8H2,1-2H3. The summed E-state index contributed by atoms with van der Waals surface area (Å²) in [6.45, 7) is 7.39. The Hall–Kier alpha value is -0.940. The van der Waals surface area contributed by atoms with Crippen molar-refractivity contribution in [3.8, 4) is 0 Å². The topological polar surface area (TPSA) is 33.4 Å². The van der Waals surface area contributed by atoms with Gasteiger partial charge in [0.05, 0.1) is 5.69 Å². The van der Waals surface area contributed by atoms with Gasteiger partial charge in [-0.05, 0) is 61.8 Å². The van der Waals surface area contributed by atoms with Crippen LogP contribution in [0, 0.1) is 13.8 Å². The highest BCUT2D eigenvalue weighted by atomic mass is 79.9. The number of aromatic nitrogens is 3. The average molecular weight is 309 g/mol. The normalized spacial score (nSPS) is 16.8. The van der Waals surface area contributed by atoms with E-state index in [1.807, 2.05) is 6.92 Å². The molecule has 0 N–H and O–H groups in total. The van der Waals surface area contributed by atoms with Gasteiger partial charge in [0.25, 0.3) is 0 Å². The van der Waals surface area contributed by atoms with Gasteiger partial charge in [0.15, 0.2) is 0 Å². The Bertz CT molecular complexity index is 584. The number of imidazole rings is 1. The van der Waals surface area contributed by atoms with Gasteiger partial charge in [-0.3, -0.25) is 9.30 Å². The fourth-order valence-corrected chi connectivity index (χ4v) is 3.28. The van der Waals surface area contributed by atoms with E-state index in [9.17, 15) is 0 Å². The molecule has 0 spiro atoms. The van der Waals surface area contributed by atoms with E-state index in [2.05, 4.69) is 48.2 Å². The van der Waals surface area contributed by atoms with Crippen LogP contribution in [0.3, 0.4) is 0 Å². The van der Waals surface area contributed by atoms with E-state index in [0.29, 0.717) is 0 Å². The molecule has 0 bridgehead atoms. The first-order valence-corrected chi connectivity index (χ1v) is 7.18. The van der Waals surface area contributed by atoms with E-state index in [1.54, 1.807) is 0 Å². The minimum atomic E-state index is 0.800. The molecule has 0 amide bonds. The maximum Gasteiger partial charge on any atom is 0.235 e. The summed E-state index contributed by atoms with van der Waals surface area (Å²) in [5, 5.41) is 0. The number of hydrogen-bond donors (Lipinski definition) is 0. The van der Waals surface area contributed by atoms with Crippen molar-refractivity contribution in [3.63, 3.8) is 0 Å². The van der Waals surface area contributed by atoms with Crippen molar-refractivity contribution in [2.75, 3.05) is 13.1 Å². The molecule has 1 saturated heterocycles. The predicted molar refractivity (Wildman–Crippen MR) is 74.7 cm³/mol. The highest BCUT2D eigenvalue weighted by Crippen LogP contribution is 2.23. The largest absolute Gasteiger partial charge is 0.297 e. The predicted octanol–water partition coefficient (Wildman–Crippen LogP) is 2.70. The maximum atomic E-state index is 4.66. The molecular formula is C13H17BrN4. The summed E-state index contributed by atoms with van der Waals surface area (Å²) >= 11 is 3.67. The summed E-state index contributed by atoms with van der Waals surface area (Å²) in [4.78, 5) is 11.6. The monoisotopic (exact) mass is 308 g/mol. The smallest absolute Gasteiger partial charge is 0.235 e.